The average molecular weight is 207 g/mol. The van der Waals surface area contributed by atoms with Gasteiger partial charge in [0.25, 0.3) is 5.91 Å². The molecular formula is C10H13N3O2. The first kappa shape index (κ1) is 11.2. The Hall–Kier alpha value is -1.83. The summed E-state index contributed by atoms with van der Waals surface area (Å²) in [5.41, 5.74) is 0.247. The van der Waals surface area contributed by atoms with E-state index in [1.165, 1.54) is 4.90 Å². The van der Waals surface area contributed by atoms with Crippen LogP contribution in [0, 0.1) is 18.3 Å². The molecule has 0 unspecified atom stereocenters. The van der Waals surface area contributed by atoms with Crippen molar-refractivity contribution < 1.29 is 9.32 Å². The highest BCUT2D eigenvalue weighted by Crippen LogP contribution is 2.08. The number of aryl methyl sites for hydroxylation is 1. The fraction of sp³-hybridized carbons (Fsp3) is 0.500. The SMILES string of the molecule is Cc1cc(C(=O)N(CC#N)C(C)C)no1. The Morgan fingerprint density at radius 3 is 2.80 bits per heavy atom. The Bertz CT molecular complexity index is 390. The lowest BCUT2D eigenvalue weighted by molar-refractivity contribution is 0.0721. The van der Waals surface area contributed by atoms with Gasteiger partial charge in [0.05, 0.1) is 6.07 Å². The molecule has 0 saturated carbocycles. The molecule has 0 atom stereocenters. The van der Waals surface area contributed by atoms with Crippen LogP contribution in [0.4, 0.5) is 0 Å². The van der Waals surface area contributed by atoms with Gasteiger partial charge in [-0.2, -0.15) is 5.26 Å². The molecule has 0 aliphatic heterocycles. The average Bonchev–Trinajstić information content (AvgIpc) is 2.59. The molecule has 0 saturated heterocycles. The lowest BCUT2D eigenvalue weighted by atomic mass is 10.2. The maximum absolute atomic E-state index is 11.8. The van der Waals surface area contributed by atoms with Crippen molar-refractivity contribution in [3.63, 3.8) is 0 Å². The highest BCUT2D eigenvalue weighted by molar-refractivity contribution is 5.92. The minimum absolute atomic E-state index is 0.0332. The second-order valence-corrected chi connectivity index (χ2v) is 3.51. The fourth-order valence-electron chi connectivity index (χ4n) is 1.18. The number of carbonyl (C=O) groups excluding carboxylic acids is 1. The van der Waals surface area contributed by atoms with Crippen LogP contribution in [-0.2, 0) is 0 Å². The van der Waals surface area contributed by atoms with Crippen molar-refractivity contribution in [1.82, 2.24) is 10.1 Å². The molecule has 0 bridgehead atoms. The summed E-state index contributed by atoms with van der Waals surface area (Å²) in [5, 5.41) is 12.2. The number of aromatic nitrogens is 1. The Morgan fingerprint density at radius 2 is 2.40 bits per heavy atom. The van der Waals surface area contributed by atoms with E-state index in [2.05, 4.69) is 5.16 Å². The Morgan fingerprint density at radius 1 is 1.73 bits per heavy atom. The van der Waals surface area contributed by atoms with E-state index in [9.17, 15) is 4.79 Å². The Kier molecular flexibility index (Phi) is 3.45. The smallest absolute Gasteiger partial charge is 0.277 e. The maximum Gasteiger partial charge on any atom is 0.277 e. The molecular weight excluding hydrogens is 194 g/mol. The topological polar surface area (TPSA) is 70.1 Å². The first-order valence-electron chi connectivity index (χ1n) is 4.67. The van der Waals surface area contributed by atoms with Gasteiger partial charge in [0.15, 0.2) is 5.69 Å². The molecule has 15 heavy (non-hydrogen) atoms. The van der Waals surface area contributed by atoms with E-state index in [4.69, 9.17) is 9.78 Å². The first-order chi connectivity index (χ1) is 7.06. The molecule has 1 amide bonds. The lowest BCUT2D eigenvalue weighted by Crippen LogP contribution is -2.37. The standard InChI is InChI=1S/C10H13N3O2/c1-7(2)13(5-4-11)10(14)9-6-8(3)15-12-9/h6-7H,5H2,1-3H3. The van der Waals surface area contributed by atoms with Crippen molar-refractivity contribution in [3.8, 4) is 6.07 Å². The molecule has 5 nitrogen and oxygen atoms in total. The predicted molar refractivity (Wildman–Crippen MR) is 53.0 cm³/mol. The van der Waals surface area contributed by atoms with Crippen LogP contribution in [0.5, 0.6) is 0 Å². The van der Waals surface area contributed by atoms with Gasteiger partial charge >= 0.3 is 0 Å². The second kappa shape index (κ2) is 4.60. The quantitative estimate of drug-likeness (QED) is 0.701. The van der Waals surface area contributed by atoms with Gasteiger partial charge in [0.2, 0.25) is 0 Å². The minimum atomic E-state index is -0.275. The van der Waals surface area contributed by atoms with E-state index >= 15 is 0 Å². The van der Waals surface area contributed by atoms with E-state index in [1.807, 2.05) is 19.9 Å². The van der Waals surface area contributed by atoms with Crippen molar-refractivity contribution >= 4 is 5.91 Å². The Labute approximate surface area is 88.3 Å². The van der Waals surface area contributed by atoms with Crippen molar-refractivity contribution in [2.75, 3.05) is 6.54 Å². The summed E-state index contributed by atoms with van der Waals surface area (Å²) < 4.78 is 4.81. The third kappa shape index (κ3) is 2.56. The normalized spacial score (nSPS) is 10.1. The van der Waals surface area contributed by atoms with Gasteiger partial charge in [0.1, 0.15) is 12.3 Å². The summed E-state index contributed by atoms with van der Waals surface area (Å²) in [6, 6.07) is 3.48. The highest BCUT2D eigenvalue weighted by Gasteiger charge is 2.21. The van der Waals surface area contributed by atoms with Crippen LogP contribution < -0.4 is 0 Å². The minimum Gasteiger partial charge on any atom is -0.361 e. The number of amides is 1. The molecule has 0 spiro atoms. The summed E-state index contributed by atoms with van der Waals surface area (Å²) in [4.78, 5) is 13.3. The molecule has 0 N–H and O–H groups in total. The van der Waals surface area contributed by atoms with Crippen LogP contribution in [0.15, 0.2) is 10.6 Å². The summed E-state index contributed by atoms with van der Waals surface area (Å²) in [6.45, 7) is 5.47. The molecule has 1 heterocycles. The number of rotatable bonds is 3. The molecule has 0 radical (unpaired) electrons. The lowest BCUT2D eigenvalue weighted by Gasteiger charge is -2.22. The number of nitrogens with zero attached hydrogens (tertiary/aromatic N) is 3. The highest BCUT2D eigenvalue weighted by atomic mass is 16.5. The number of hydrogen-bond acceptors (Lipinski definition) is 4. The first-order valence-corrected chi connectivity index (χ1v) is 4.67. The van der Waals surface area contributed by atoms with Crippen molar-refractivity contribution in [2.45, 2.75) is 26.8 Å². The number of carbonyl (C=O) groups is 1. The zero-order chi connectivity index (χ0) is 11.4. The molecule has 1 rings (SSSR count). The zero-order valence-corrected chi connectivity index (χ0v) is 9.02. The van der Waals surface area contributed by atoms with Crippen LogP contribution >= 0.6 is 0 Å². The van der Waals surface area contributed by atoms with Crippen LogP contribution in [0.1, 0.15) is 30.1 Å². The largest absolute Gasteiger partial charge is 0.361 e. The van der Waals surface area contributed by atoms with Gasteiger partial charge in [-0.15, -0.1) is 0 Å². The Balaban J connectivity index is 2.86. The van der Waals surface area contributed by atoms with Gasteiger partial charge < -0.3 is 9.42 Å². The molecule has 1 aromatic heterocycles. The van der Waals surface area contributed by atoms with E-state index in [0.29, 0.717) is 5.76 Å². The molecule has 0 fully saturated rings. The van der Waals surface area contributed by atoms with E-state index in [-0.39, 0.29) is 24.2 Å². The van der Waals surface area contributed by atoms with Crippen LogP contribution in [0.25, 0.3) is 0 Å². The van der Waals surface area contributed by atoms with Crippen LogP contribution in [0.3, 0.4) is 0 Å². The van der Waals surface area contributed by atoms with Gasteiger partial charge in [-0.1, -0.05) is 5.16 Å². The van der Waals surface area contributed by atoms with Gasteiger partial charge in [-0.3, -0.25) is 4.79 Å². The zero-order valence-electron chi connectivity index (χ0n) is 9.02. The van der Waals surface area contributed by atoms with E-state index in [0.717, 1.165) is 0 Å². The van der Waals surface area contributed by atoms with Crippen molar-refractivity contribution in [2.24, 2.45) is 0 Å². The number of nitriles is 1. The van der Waals surface area contributed by atoms with Crippen LogP contribution in [0.2, 0.25) is 0 Å². The summed E-state index contributed by atoms with van der Waals surface area (Å²) in [7, 11) is 0. The number of hydrogen-bond donors (Lipinski definition) is 0. The third-order valence-corrected chi connectivity index (χ3v) is 1.97. The summed E-state index contributed by atoms with van der Waals surface area (Å²) in [5.74, 6) is 0.308. The predicted octanol–water partition coefficient (Wildman–Crippen LogP) is 1.36. The molecule has 1 aromatic rings. The van der Waals surface area contributed by atoms with Crippen LogP contribution in [-0.4, -0.2) is 28.6 Å². The van der Waals surface area contributed by atoms with Crippen molar-refractivity contribution in [1.29, 1.82) is 5.26 Å². The molecule has 0 aliphatic rings. The van der Waals surface area contributed by atoms with E-state index in [1.54, 1.807) is 13.0 Å². The van der Waals surface area contributed by atoms with Gasteiger partial charge in [0, 0.05) is 12.1 Å². The third-order valence-electron chi connectivity index (χ3n) is 1.97. The monoisotopic (exact) mass is 207 g/mol. The maximum atomic E-state index is 11.8. The molecule has 5 heteroatoms. The van der Waals surface area contributed by atoms with Crippen molar-refractivity contribution in [3.05, 3.63) is 17.5 Å². The second-order valence-electron chi connectivity index (χ2n) is 3.51. The van der Waals surface area contributed by atoms with E-state index < -0.39 is 0 Å². The fourth-order valence-corrected chi connectivity index (χ4v) is 1.18. The summed E-state index contributed by atoms with van der Waals surface area (Å²) >= 11 is 0. The molecule has 0 aromatic carbocycles. The molecule has 80 valence electrons. The van der Waals surface area contributed by atoms with Gasteiger partial charge in [-0.25, -0.2) is 0 Å². The van der Waals surface area contributed by atoms with Gasteiger partial charge in [-0.05, 0) is 20.8 Å². The molecule has 0 aliphatic carbocycles. The summed E-state index contributed by atoms with van der Waals surface area (Å²) in [6.07, 6.45) is 0.